The van der Waals surface area contributed by atoms with E-state index in [0.717, 1.165) is 0 Å². The van der Waals surface area contributed by atoms with Crippen molar-refractivity contribution in [2.45, 2.75) is 0 Å². The van der Waals surface area contributed by atoms with Gasteiger partial charge in [-0.2, -0.15) is 0 Å². The van der Waals surface area contributed by atoms with Crippen LogP contribution in [0.25, 0.3) is 0 Å². The molecule has 0 atom stereocenters. The SMILES string of the molecule is NC(=O)c1cccc(Nc2c(F)cc(F)cc2F)c1N. The highest BCUT2D eigenvalue weighted by atomic mass is 19.1. The maximum Gasteiger partial charge on any atom is 0.250 e. The number of rotatable bonds is 3. The van der Waals surface area contributed by atoms with Gasteiger partial charge < -0.3 is 16.8 Å². The summed E-state index contributed by atoms with van der Waals surface area (Å²) >= 11 is 0. The molecule has 1 amide bonds. The number of benzene rings is 2. The van der Waals surface area contributed by atoms with Gasteiger partial charge in [-0.05, 0) is 12.1 Å². The molecule has 0 saturated heterocycles. The van der Waals surface area contributed by atoms with Crippen LogP contribution in [0.4, 0.5) is 30.2 Å². The number of amides is 1. The topological polar surface area (TPSA) is 81.1 Å². The van der Waals surface area contributed by atoms with Gasteiger partial charge in [0.1, 0.15) is 11.5 Å². The van der Waals surface area contributed by atoms with E-state index < -0.39 is 29.0 Å². The predicted octanol–water partition coefficient (Wildman–Crippen LogP) is 2.53. The van der Waals surface area contributed by atoms with Crippen LogP contribution in [0.15, 0.2) is 30.3 Å². The molecule has 0 spiro atoms. The second kappa shape index (κ2) is 5.12. The summed E-state index contributed by atoms with van der Waals surface area (Å²) in [4.78, 5) is 11.1. The molecule has 4 nitrogen and oxygen atoms in total. The molecule has 2 rings (SSSR count). The first-order valence-corrected chi connectivity index (χ1v) is 5.50. The molecule has 7 heteroatoms. The number of nitrogen functional groups attached to an aromatic ring is 1. The van der Waals surface area contributed by atoms with Crippen LogP contribution in [-0.2, 0) is 0 Å². The van der Waals surface area contributed by atoms with Crippen LogP contribution in [0.1, 0.15) is 10.4 Å². The molecule has 0 bridgehead atoms. The third-order valence-electron chi connectivity index (χ3n) is 2.64. The number of hydrogen-bond acceptors (Lipinski definition) is 3. The minimum absolute atomic E-state index is 0.0120. The Labute approximate surface area is 112 Å². The fourth-order valence-corrected chi connectivity index (χ4v) is 1.69. The van der Waals surface area contributed by atoms with Crippen molar-refractivity contribution in [3.63, 3.8) is 0 Å². The van der Waals surface area contributed by atoms with E-state index in [-0.39, 0.29) is 16.9 Å². The fraction of sp³-hybridized carbons (Fsp3) is 0. The lowest BCUT2D eigenvalue weighted by Crippen LogP contribution is -2.14. The van der Waals surface area contributed by atoms with Crippen molar-refractivity contribution in [2.24, 2.45) is 5.73 Å². The van der Waals surface area contributed by atoms with Gasteiger partial charge in [0, 0.05) is 12.1 Å². The van der Waals surface area contributed by atoms with Gasteiger partial charge in [-0.25, -0.2) is 13.2 Å². The summed E-state index contributed by atoms with van der Waals surface area (Å²) in [5, 5.41) is 2.38. The van der Waals surface area contributed by atoms with Crippen molar-refractivity contribution in [1.82, 2.24) is 0 Å². The first-order valence-electron chi connectivity index (χ1n) is 5.50. The maximum atomic E-state index is 13.5. The molecule has 0 aromatic heterocycles. The molecule has 0 heterocycles. The van der Waals surface area contributed by atoms with Crippen molar-refractivity contribution in [1.29, 1.82) is 0 Å². The molecule has 2 aromatic carbocycles. The second-order valence-electron chi connectivity index (χ2n) is 4.00. The molecule has 2 aromatic rings. The summed E-state index contributed by atoms with van der Waals surface area (Å²) < 4.78 is 39.8. The zero-order valence-corrected chi connectivity index (χ0v) is 10.1. The van der Waals surface area contributed by atoms with Crippen LogP contribution in [-0.4, -0.2) is 5.91 Å². The Morgan fingerprint density at radius 1 is 1.10 bits per heavy atom. The second-order valence-corrected chi connectivity index (χ2v) is 4.00. The highest BCUT2D eigenvalue weighted by Crippen LogP contribution is 2.29. The molecule has 20 heavy (non-hydrogen) atoms. The Morgan fingerprint density at radius 3 is 2.25 bits per heavy atom. The molecule has 0 radical (unpaired) electrons. The van der Waals surface area contributed by atoms with Crippen LogP contribution >= 0.6 is 0 Å². The number of hydrogen-bond donors (Lipinski definition) is 3. The number of carbonyl (C=O) groups is 1. The van der Waals surface area contributed by atoms with E-state index in [1.807, 2.05) is 0 Å². The lowest BCUT2D eigenvalue weighted by Gasteiger charge is -2.13. The Hall–Kier alpha value is -2.70. The van der Waals surface area contributed by atoms with Crippen molar-refractivity contribution in [2.75, 3.05) is 11.1 Å². The van der Waals surface area contributed by atoms with Gasteiger partial charge in [-0.15, -0.1) is 0 Å². The number of anilines is 3. The molecule has 104 valence electrons. The number of primary amides is 1. The summed E-state index contributed by atoms with van der Waals surface area (Å²) in [5.74, 6) is -4.05. The van der Waals surface area contributed by atoms with Gasteiger partial charge in [0.05, 0.1) is 16.9 Å². The average molecular weight is 281 g/mol. The molecule has 0 unspecified atom stereocenters. The Kier molecular flexibility index (Phi) is 3.51. The smallest absolute Gasteiger partial charge is 0.250 e. The van der Waals surface area contributed by atoms with Crippen LogP contribution in [0, 0.1) is 17.5 Å². The van der Waals surface area contributed by atoms with Gasteiger partial charge in [0.2, 0.25) is 0 Å². The zero-order chi connectivity index (χ0) is 14.9. The van der Waals surface area contributed by atoms with Crippen LogP contribution < -0.4 is 16.8 Å². The average Bonchev–Trinajstić information content (AvgIpc) is 2.35. The van der Waals surface area contributed by atoms with E-state index in [1.54, 1.807) is 0 Å². The van der Waals surface area contributed by atoms with Gasteiger partial charge in [0.15, 0.2) is 11.6 Å². The van der Waals surface area contributed by atoms with Crippen molar-refractivity contribution in [3.05, 3.63) is 53.3 Å². The Balaban J connectivity index is 2.46. The molecule has 0 aliphatic carbocycles. The standard InChI is InChI=1S/C13H10F3N3O/c14-6-4-8(15)12(9(16)5-6)19-10-3-1-2-7(11(10)17)13(18)20/h1-5,19H,17H2,(H2,18,20). The fourth-order valence-electron chi connectivity index (χ4n) is 1.69. The van der Waals surface area contributed by atoms with Crippen LogP contribution in [0.5, 0.6) is 0 Å². The van der Waals surface area contributed by atoms with Crippen molar-refractivity contribution >= 4 is 23.0 Å². The zero-order valence-electron chi connectivity index (χ0n) is 10.1. The summed E-state index contributed by atoms with van der Waals surface area (Å²) in [6.07, 6.45) is 0. The van der Waals surface area contributed by atoms with E-state index in [4.69, 9.17) is 11.5 Å². The summed E-state index contributed by atoms with van der Waals surface area (Å²) in [7, 11) is 0. The molecular formula is C13H10F3N3O. The van der Waals surface area contributed by atoms with Crippen molar-refractivity contribution < 1.29 is 18.0 Å². The van der Waals surface area contributed by atoms with E-state index >= 15 is 0 Å². The van der Waals surface area contributed by atoms with Gasteiger partial charge in [-0.1, -0.05) is 6.07 Å². The molecule has 0 saturated carbocycles. The maximum absolute atomic E-state index is 13.5. The monoisotopic (exact) mass is 281 g/mol. The lowest BCUT2D eigenvalue weighted by molar-refractivity contribution is 0.100. The third kappa shape index (κ3) is 2.51. The molecule has 0 aliphatic heterocycles. The predicted molar refractivity (Wildman–Crippen MR) is 69.0 cm³/mol. The summed E-state index contributed by atoms with van der Waals surface area (Å²) in [6.45, 7) is 0. The van der Waals surface area contributed by atoms with Crippen LogP contribution in [0.2, 0.25) is 0 Å². The number of carbonyl (C=O) groups excluding carboxylic acids is 1. The first kappa shape index (κ1) is 13.7. The largest absolute Gasteiger partial charge is 0.396 e. The van der Waals surface area contributed by atoms with Crippen molar-refractivity contribution in [3.8, 4) is 0 Å². The third-order valence-corrected chi connectivity index (χ3v) is 2.64. The molecule has 5 N–H and O–H groups in total. The highest BCUT2D eigenvalue weighted by Gasteiger charge is 2.15. The number of nitrogens with two attached hydrogens (primary N) is 2. The Bertz CT molecular complexity index is 666. The number of halogens is 3. The quantitative estimate of drug-likeness (QED) is 0.756. The van der Waals surface area contributed by atoms with E-state index in [0.29, 0.717) is 12.1 Å². The number of para-hydroxylation sites is 1. The molecule has 0 aliphatic rings. The minimum Gasteiger partial charge on any atom is -0.396 e. The first-order chi connectivity index (χ1) is 9.40. The lowest BCUT2D eigenvalue weighted by atomic mass is 10.1. The van der Waals surface area contributed by atoms with E-state index in [2.05, 4.69) is 5.32 Å². The summed E-state index contributed by atoms with van der Waals surface area (Å²) in [5.41, 5.74) is 10.3. The molecule has 0 fully saturated rings. The van der Waals surface area contributed by atoms with Gasteiger partial charge in [0.25, 0.3) is 5.91 Å². The molecular weight excluding hydrogens is 271 g/mol. The van der Waals surface area contributed by atoms with E-state index in [9.17, 15) is 18.0 Å². The van der Waals surface area contributed by atoms with Gasteiger partial charge >= 0.3 is 0 Å². The van der Waals surface area contributed by atoms with Crippen LogP contribution in [0.3, 0.4) is 0 Å². The normalized spacial score (nSPS) is 10.3. The minimum atomic E-state index is -1.12. The Morgan fingerprint density at radius 2 is 1.70 bits per heavy atom. The summed E-state index contributed by atoms with van der Waals surface area (Å²) in [6, 6.07) is 5.28. The number of nitrogens with one attached hydrogen (secondary N) is 1. The highest BCUT2D eigenvalue weighted by molar-refractivity contribution is 6.01. The van der Waals surface area contributed by atoms with E-state index in [1.165, 1.54) is 18.2 Å². The van der Waals surface area contributed by atoms with Gasteiger partial charge in [-0.3, -0.25) is 4.79 Å².